The van der Waals surface area contributed by atoms with Crippen molar-refractivity contribution >= 4 is 23.5 Å². The number of amides is 3. The van der Waals surface area contributed by atoms with E-state index in [1.54, 1.807) is 35.4 Å². The van der Waals surface area contributed by atoms with E-state index in [9.17, 15) is 14.4 Å². The summed E-state index contributed by atoms with van der Waals surface area (Å²) in [7, 11) is 0. The van der Waals surface area contributed by atoms with Crippen LogP contribution in [0.5, 0.6) is 0 Å². The van der Waals surface area contributed by atoms with Gasteiger partial charge in [-0.25, -0.2) is 14.6 Å². The molecule has 4 rings (SSSR count). The number of aryl methyl sites for hydroxylation is 1. The van der Waals surface area contributed by atoms with Crippen LogP contribution in [-0.4, -0.2) is 43.8 Å². The highest BCUT2D eigenvalue weighted by molar-refractivity contribution is 6.04. The maximum Gasteiger partial charge on any atom is 0.269 e. The van der Waals surface area contributed by atoms with Gasteiger partial charge in [-0.2, -0.15) is 0 Å². The van der Waals surface area contributed by atoms with Crippen LogP contribution in [0.25, 0.3) is 11.3 Å². The highest BCUT2D eigenvalue weighted by atomic mass is 16.2. The number of carbonyl (C=O) groups is 3. The smallest absolute Gasteiger partial charge is 0.269 e. The topological polar surface area (TPSA) is 149 Å². The van der Waals surface area contributed by atoms with Crippen molar-refractivity contribution in [2.45, 2.75) is 38.6 Å². The Balaban J connectivity index is 1.64. The van der Waals surface area contributed by atoms with Gasteiger partial charge in [0.05, 0.1) is 6.04 Å². The molecule has 0 aliphatic carbocycles. The van der Waals surface area contributed by atoms with Gasteiger partial charge in [-0.05, 0) is 61.6 Å². The quantitative estimate of drug-likeness (QED) is 0.345. The first-order valence-corrected chi connectivity index (χ1v) is 11.8. The lowest BCUT2D eigenvalue weighted by Gasteiger charge is -2.34. The lowest BCUT2D eigenvalue weighted by molar-refractivity contribution is -0.129. The summed E-state index contributed by atoms with van der Waals surface area (Å²) in [5, 5.41) is 2.79. The standard InChI is InChI=1S/C26H29N7O3/c1-3-16-12-13-29-20(15-16)30-26(36)18-10-8-17(9-11-18)22-23(24(27)35)33(28)25(31-22)19-7-5-6-14-32(19)21(34)4-2/h4,8-13,15,19H,2-3,5-7,14,28H2,1H3,(H2,27,35)(H,29,30,36)/t19-/m0/s1. The van der Waals surface area contributed by atoms with Gasteiger partial charge in [0, 0.05) is 23.9 Å². The number of carbonyl (C=O) groups excluding carboxylic acids is 3. The molecule has 3 heterocycles. The van der Waals surface area contributed by atoms with E-state index in [0.29, 0.717) is 41.4 Å². The number of imidazole rings is 1. The molecule has 3 aromatic rings. The Morgan fingerprint density at radius 2 is 1.94 bits per heavy atom. The zero-order valence-corrected chi connectivity index (χ0v) is 20.1. The Labute approximate surface area is 209 Å². The van der Waals surface area contributed by atoms with E-state index in [0.717, 1.165) is 24.8 Å². The summed E-state index contributed by atoms with van der Waals surface area (Å²) in [6.45, 7) is 6.15. The second-order valence-corrected chi connectivity index (χ2v) is 8.58. The van der Waals surface area contributed by atoms with E-state index in [1.807, 2.05) is 19.1 Å². The molecule has 2 aromatic heterocycles. The van der Waals surface area contributed by atoms with Crippen LogP contribution in [0.1, 0.15) is 64.5 Å². The summed E-state index contributed by atoms with van der Waals surface area (Å²) in [6.07, 6.45) is 6.14. The van der Waals surface area contributed by atoms with Gasteiger partial charge < -0.3 is 21.8 Å². The van der Waals surface area contributed by atoms with Gasteiger partial charge in [0.25, 0.3) is 11.8 Å². The average molecular weight is 488 g/mol. The normalized spacial score (nSPS) is 15.4. The summed E-state index contributed by atoms with van der Waals surface area (Å²) in [6, 6.07) is 9.92. The van der Waals surface area contributed by atoms with Crippen LogP contribution in [0.2, 0.25) is 0 Å². The Kier molecular flexibility index (Phi) is 7.14. The first-order valence-electron chi connectivity index (χ1n) is 11.8. The number of primary amides is 1. The minimum atomic E-state index is -0.743. The van der Waals surface area contributed by atoms with Crippen LogP contribution < -0.4 is 16.9 Å². The summed E-state index contributed by atoms with van der Waals surface area (Å²) in [4.78, 5) is 48.0. The number of pyridine rings is 1. The van der Waals surface area contributed by atoms with Crippen LogP contribution in [-0.2, 0) is 11.2 Å². The van der Waals surface area contributed by atoms with Crippen molar-refractivity contribution in [3.63, 3.8) is 0 Å². The van der Waals surface area contributed by atoms with Crippen LogP contribution in [0.3, 0.4) is 0 Å². The number of nitrogen functional groups attached to an aromatic ring is 1. The number of rotatable bonds is 7. The monoisotopic (exact) mass is 487 g/mol. The highest BCUT2D eigenvalue weighted by Crippen LogP contribution is 2.33. The van der Waals surface area contributed by atoms with Crippen molar-refractivity contribution in [2.24, 2.45) is 5.73 Å². The summed E-state index contributed by atoms with van der Waals surface area (Å²) in [5.41, 5.74) is 8.01. The largest absolute Gasteiger partial charge is 0.364 e. The number of nitrogens with one attached hydrogen (secondary N) is 1. The third-order valence-electron chi connectivity index (χ3n) is 6.33. The predicted molar refractivity (Wildman–Crippen MR) is 136 cm³/mol. The minimum Gasteiger partial charge on any atom is -0.364 e. The summed E-state index contributed by atoms with van der Waals surface area (Å²) >= 11 is 0. The SMILES string of the molecule is C=CC(=O)N1CCCC[C@H]1c1nc(-c2ccc(C(=O)Nc3cc(CC)ccn3)cc2)c(C(N)=O)n1N. The first-order chi connectivity index (χ1) is 17.3. The molecular weight excluding hydrogens is 458 g/mol. The van der Waals surface area contributed by atoms with E-state index >= 15 is 0 Å². The number of anilines is 1. The van der Waals surface area contributed by atoms with Crippen LogP contribution >= 0.6 is 0 Å². The minimum absolute atomic E-state index is 0.0272. The Bertz CT molecular complexity index is 1310. The molecule has 10 heteroatoms. The molecule has 1 saturated heterocycles. The van der Waals surface area contributed by atoms with Crippen LogP contribution in [0.4, 0.5) is 5.82 Å². The molecular formula is C26H29N7O3. The second-order valence-electron chi connectivity index (χ2n) is 8.58. The molecule has 0 bridgehead atoms. The third kappa shape index (κ3) is 4.83. The van der Waals surface area contributed by atoms with E-state index in [-0.39, 0.29) is 17.5 Å². The van der Waals surface area contributed by atoms with Crippen molar-refractivity contribution in [3.8, 4) is 11.3 Å². The van der Waals surface area contributed by atoms with Gasteiger partial charge in [0.15, 0.2) is 11.5 Å². The number of hydrogen-bond acceptors (Lipinski definition) is 6. The molecule has 0 radical (unpaired) electrons. The molecule has 0 spiro atoms. The van der Waals surface area contributed by atoms with E-state index in [4.69, 9.17) is 11.6 Å². The van der Waals surface area contributed by atoms with Crippen molar-refractivity contribution in [1.82, 2.24) is 19.5 Å². The van der Waals surface area contributed by atoms with Gasteiger partial charge in [-0.1, -0.05) is 25.6 Å². The van der Waals surface area contributed by atoms with Gasteiger partial charge in [-0.3, -0.25) is 14.4 Å². The molecule has 3 amide bonds. The summed E-state index contributed by atoms with van der Waals surface area (Å²) in [5.74, 6) is 5.84. The molecule has 0 saturated carbocycles. The second kappa shape index (κ2) is 10.4. The zero-order valence-electron chi connectivity index (χ0n) is 20.1. The summed E-state index contributed by atoms with van der Waals surface area (Å²) < 4.78 is 1.17. The van der Waals surface area contributed by atoms with E-state index in [2.05, 4.69) is 21.9 Å². The predicted octanol–water partition coefficient (Wildman–Crippen LogP) is 2.81. The fourth-order valence-electron chi connectivity index (χ4n) is 4.43. The Hall–Kier alpha value is -4.47. The van der Waals surface area contributed by atoms with Crippen molar-refractivity contribution in [1.29, 1.82) is 0 Å². The highest BCUT2D eigenvalue weighted by Gasteiger charge is 2.33. The molecule has 1 aliphatic rings. The zero-order chi connectivity index (χ0) is 25.8. The van der Waals surface area contributed by atoms with Gasteiger partial charge in [-0.15, -0.1) is 0 Å². The van der Waals surface area contributed by atoms with Crippen LogP contribution in [0, 0.1) is 0 Å². The van der Waals surface area contributed by atoms with Gasteiger partial charge in [0.1, 0.15) is 11.5 Å². The number of hydrogen-bond donors (Lipinski definition) is 3. The van der Waals surface area contributed by atoms with Gasteiger partial charge >= 0.3 is 0 Å². The molecule has 1 fully saturated rings. The number of piperidine rings is 1. The third-order valence-corrected chi connectivity index (χ3v) is 6.33. The van der Waals surface area contributed by atoms with E-state index < -0.39 is 11.9 Å². The van der Waals surface area contributed by atoms with Crippen molar-refractivity contribution in [2.75, 3.05) is 17.7 Å². The molecule has 0 unspecified atom stereocenters. The fraction of sp³-hybridized carbons (Fsp3) is 0.269. The first kappa shape index (κ1) is 24.6. The van der Waals surface area contributed by atoms with Crippen molar-refractivity contribution in [3.05, 3.63) is 77.9 Å². The fourth-order valence-corrected chi connectivity index (χ4v) is 4.43. The lowest BCUT2D eigenvalue weighted by Crippen LogP contribution is -2.39. The number of nitrogens with zero attached hydrogens (tertiary/aromatic N) is 4. The Morgan fingerprint density at radius 1 is 1.19 bits per heavy atom. The number of aromatic nitrogens is 3. The molecule has 5 N–H and O–H groups in total. The number of nitrogens with two attached hydrogens (primary N) is 2. The average Bonchev–Trinajstić information content (AvgIpc) is 3.25. The van der Waals surface area contributed by atoms with E-state index in [1.165, 1.54) is 10.8 Å². The maximum atomic E-state index is 12.7. The molecule has 1 aromatic carbocycles. The maximum absolute atomic E-state index is 12.7. The van der Waals surface area contributed by atoms with Gasteiger partial charge in [0.2, 0.25) is 5.91 Å². The molecule has 1 atom stereocenters. The molecule has 10 nitrogen and oxygen atoms in total. The molecule has 1 aliphatic heterocycles. The molecule has 186 valence electrons. The van der Waals surface area contributed by atoms with Crippen molar-refractivity contribution < 1.29 is 14.4 Å². The molecule has 36 heavy (non-hydrogen) atoms. The van der Waals surface area contributed by atoms with Crippen LogP contribution in [0.15, 0.2) is 55.3 Å². The number of likely N-dealkylation sites (tertiary alicyclic amines) is 1. The Morgan fingerprint density at radius 3 is 2.61 bits per heavy atom. The lowest BCUT2D eigenvalue weighted by atomic mass is 10.0. The number of benzene rings is 1.